The first-order valence-corrected chi connectivity index (χ1v) is 9.82. The van der Waals surface area contributed by atoms with Crippen LogP contribution in [0.3, 0.4) is 0 Å². The Balaban J connectivity index is 1.36. The van der Waals surface area contributed by atoms with Gasteiger partial charge in [0.2, 0.25) is 5.91 Å². The highest BCUT2D eigenvalue weighted by atomic mass is 35.5. The minimum atomic E-state index is -0.552. The minimum Gasteiger partial charge on any atom is -0.406 e. The van der Waals surface area contributed by atoms with E-state index in [0.29, 0.717) is 30.0 Å². The molecular formula is C20H22ClN5O3. The van der Waals surface area contributed by atoms with Crippen molar-refractivity contribution in [2.75, 3.05) is 36.4 Å². The molecular weight excluding hydrogens is 394 g/mol. The number of rotatable bonds is 4. The molecule has 9 heteroatoms. The van der Waals surface area contributed by atoms with Gasteiger partial charge in [0.1, 0.15) is 0 Å². The number of carbonyl (C=O) groups excluding carboxylic acids is 1. The molecule has 1 saturated heterocycles. The molecule has 8 nitrogen and oxygen atoms in total. The highest BCUT2D eigenvalue weighted by Gasteiger charge is 2.27. The van der Waals surface area contributed by atoms with Crippen molar-refractivity contribution in [2.24, 2.45) is 0 Å². The van der Waals surface area contributed by atoms with Crippen LogP contribution in [-0.2, 0) is 4.79 Å². The maximum absolute atomic E-state index is 12.7. The van der Waals surface area contributed by atoms with Crippen molar-refractivity contribution >= 4 is 40.1 Å². The lowest BCUT2D eigenvalue weighted by Gasteiger charge is -2.41. The van der Waals surface area contributed by atoms with Gasteiger partial charge in [-0.15, -0.1) is 0 Å². The van der Waals surface area contributed by atoms with Crippen LogP contribution in [0.2, 0.25) is 5.02 Å². The number of pyridine rings is 1. The maximum atomic E-state index is 12.7. The van der Waals surface area contributed by atoms with E-state index < -0.39 is 5.76 Å². The number of aryl methyl sites for hydroxylation is 1. The fourth-order valence-corrected chi connectivity index (χ4v) is 3.72. The molecule has 1 amide bonds. The highest BCUT2D eigenvalue weighted by Crippen LogP contribution is 2.25. The summed E-state index contributed by atoms with van der Waals surface area (Å²) in [5.41, 5.74) is 3.53. The van der Waals surface area contributed by atoms with Crippen LogP contribution in [0.4, 0.5) is 11.4 Å². The number of H-pyrrole nitrogens is 1. The van der Waals surface area contributed by atoms with Crippen molar-refractivity contribution in [1.82, 2.24) is 14.9 Å². The van der Waals surface area contributed by atoms with E-state index in [4.69, 9.17) is 16.0 Å². The van der Waals surface area contributed by atoms with Gasteiger partial charge in [0, 0.05) is 42.5 Å². The third kappa shape index (κ3) is 4.07. The molecule has 1 aliphatic rings. The van der Waals surface area contributed by atoms with Gasteiger partial charge in [-0.3, -0.25) is 9.78 Å². The third-order valence-electron chi connectivity index (χ3n) is 5.17. The van der Waals surface area contributed by atoms with Gasteiger partial charge < -0.3 is 19.5 Å². The maximum Gasteiger partial charge on any atom is 0.418 e. The van der Waals surface area contributed by atoms with E-state index in [1.54, 1.807) is 12.3 Å². The topological polar surface area (TPSA) is 94.5 Å². The van der Waals surface area contributed by atoms with E-state index in [0.717, 1.165) is 22.8 Å². The van der Waals surface area contributed by atoms with Gasteiger partial charge in [-0.25, -0.2) is 9.78 Å². The average molecular weight is 416 g/mol. The molecule has 1 aromatic carbocycles. The van der Waals surface area contributed by atoms with Crippen LogP contribution in [-0.4, -0.2) is 53.0 Å². The normalized spacial score (nSPS) is 17.0. The van der Waals surface area contributed by atoms with Gasteiger partial charge in [0.25, 0.3) is 0 Å². The monoisotopic (exact) mass is 415 g/mol. The van der Waals surface area contributed by atoms with Crippen LogP contribution in [0.5, 0.6) is 0 Å². The summed E-state index contributed by atoms with van der Waals surface area (Å²) in [4.78, 5) is 34.6. The Morgan fingerprint density at radius 3 is 2.97 bits per heavy atom. The van der Waals surface area contributed by atoms with Crippen molar-refractivity contribution in [3.63, 3.8) is 0 Å². The van der Waals surface area contributed by atoms with Crippen molar-refractivity contribution < 1.29 is 9.21 Å². The van der Waals surface area contributed by atoms with E-state index in [1.807, 2.05) is 24.0 Å². The second-order valence-corrected chi connectivity index (χ2v) is 7.66. The Labute approximate surface area is 172 Å². The van der Waals surface area contributed by atoms with Gasteiger partial charge in [-0.2, -0.15) is 0 Å². The van der Waals surface area contributed by atoms with Crippen LogP contribution < -0.4 is 16.0 Å². The summed E-state index contributed by atoms with van der Waals surface area (Å²) in [6.07, 6.45) is 1.56. The number of nitrogens with zero attached hydrogens (tertiary/aromatic N) is 3. The predicted molar refractivity (Wildman–Crippen MR) is 113 cm³/mol. The largest absolute Gasteiger partial charge is 0.418 e. The van der Waals surface area contributed by atoms with Crippen LogP contribution in [0.25, 0.3) is 11.2 Å². The number of halogens is 1. The van der Waals surface area contributed by atoms with E-state index in [1.165, 1.54) is 0 Å². The molecule has 0 radical (unpaired) electrons. The molecule has 4 rings (SSSR count). The number of aromatic nitrogens is 2. The lowest BCUT2D eigenvalue weighted by Crippen LogP contribution is -2.54. The zero-order valence-electron chi connectivity index (χ0n) is 16.2. The molecule has 1 fully saturated rings. The summed E-state index contributed by atoms with van der Waals surface area (Å²) >= 11 is 6.13. The Morgan fingerprint density at radius 2 is 2.21 bits per heavy atom. The molecule has 1 atom stereocenters. The van der Waals surface area contributed by atoms with Gasteiger partial charge in [0.15, 0.2) is 11.2 Å². The number of carbonyl (C=O) groups is 1. The lowest BCUT2D eigenvalue weighted by molar-refractivity contribution is -0.130. The van der Waals surface area contributed by atoms with Crippen LogP contribution in [0.15, 0.2) is 39.7 Å². The highest BCUT2D eigenvalue weighted by molar-refractivity contribution is 6.31. The standard InChI is InChI=1S/C20H22ClN5O3/c1-12-7-15(3-4-16(12)21)26-6-5-25(11-13(26)2)18(27)10-22-14-8-17-19(23-9-14)24-20(28)29-17/h3-4,7-9,13,22H,5-6,10-11H2,1-2H3,(H,23,24,28)/t13-/m1/s1. The lowest BCUT2D eigenvalue weighted by atomic mass is 10.1. The Kier molecular flexibility index (Phi) is 5.19. The molecule has 0 aliphatic carbocycles. The summed E-state index contributed by atoms with van der Waals surface area (Å²) in [7, 11) is 0. The number of anilines is 2. The number of aromatic amines is 1. The Hall–Kier alpha value is -3.00. The zero-order valence-corrected chi connectivity index (χ0v) is 17.0. The van der Waals surface area contributed by atoms with Crippen molar-refractivity contribution in [3.05, 3.63) is 51.6 Å². The average Bonchev–Trinajstić information content (AvgIpc) is 3.07. The fraction of sp³-hybridized carbons (Fsp3) is 0.350. The molecule has 0 bridgehead atoms. The molecule has 0 spiro atoms. The van der Waals surface area contributed by atoms with Gasteiger partial charge in [0.05, 0.1) is 18.4 Å². The van der Waals surface area contributed by atoms with Crippen molar-refractivity contribution in [3.8, 4) is 0 Å². The molecule has 2 aromatic heterocycles. The smallest absolute Gasteiger partial charge is 0.406 e. The van der Waals surface area contributed by atoms with Gasteiger partial charge in [-0.05, 0) is 37.6 Å². The number of oxazole rings is 1. The van der Waals surface area contributed by atoms with Gasteiger partial charge >= 0.3 is 5.76 Å². The summed E-state index contributed by atoms with van der Waals surface area (Å²) < 4.78 is 4.99. The van der Waals surface area contributed by atoms with E-state index >= 15 is 0 Å². The summed E-state index contributed by atoms with van der Waals surface area (Å²) in [6, 6.07) is 7.86. The number of piperazine rings is 1. The molecule has 152 valence electrons. The number of hydrogen-bond donors (Lipinski definition) is 2. The molecule has 29 heavy (non-hydrogen) atoms. The van der Waals surface area contributed by atoms with Crippen molar-refractivity contribution in [1.29, 1.82) is 0 Å². The Morgan fingerprint density at radius 1 is 1.38 bits per heavy atom. The van der Waals surface area contributed by atoms with Gasteiger partial charge in [-0.1, -0.05) is 11.6 Å². The number of amides is 1. The SMILES string of the molecule is Cc1cc(N2CCN(C(=O)CNc3cnc4[nH]c(=O)oc4c3)C[C@H]2C)ccc1Cl. The molecule has 0 saturated carbocycles. The van der Waals surface area contributed by atoms with E-state index in [2.05, 4.69) is 33.2 Å². The quantitative estimate of drug-likeness (QED) is 0.680. The summed E-state index contributed by atoms with van der Waals surface area (Å²) in [5.74, 6) is -0.539. The minimum absolute atomic E-state index is 0.0133. The van der Waals surface area contributed by atoms with E-state index in [9.17, 15) is 9.59 Å². The fourth-order valence-electron chi connectivity index (χ4n) is 3.60. The number of benzene rings is 1. The predicted octanol–water partition coefficient (Wildman–Crippen LogP) is 2.63. The molecule has 1 aliphatic heterocycles. The van der Waals surface area contributed by atoms with Crippen molar-refractivity contribution in [2.45, 2.75) is 19.9 Å². The first-order valence-electron chi connectivity index (χ1n) is 9.44. The zero-order chi connectivity index (χ0) is 20.5. The van der Waals surface area contributed by atoms with Crippen LogP contribution in [0.1, 0.15) is 12.5 Å². The first-order chi connectivity index (χ1) is 13.9. The number of hydrogen-bond acceptors (Lipinski definition) is 6. The van der Waals surface area contributed by atoms with Crippen LogP contribution >= 0.6 is 11.6 Å². The molecule has 3 heterocycles. The second-order valence-electron chi connectivity index (χ2n) is 7.25. The molecule has 3 aromatic rings. The second kappa shape index (κ2) is 7.79. The molecule has 0 unspecified atom stereocenters. The summed E-state index contributed by atoms with van der Waals surface area (Å²) in [6.45, 7) is 6.31. The molecule has 2 N–H and O–H groups in total. The van der Waals surface area contributed by atoms with Crippen LogP contribution in [0, 0.1) is 6.92 Å². The number of nitrogens with one attached hydrogen (secondary N) is 2. The third-order valence-corrected chi connectivity index (χ3v) is 5.60. The first kappa shape index (κ1) is 19.3. The van der Waals surface area contributed by atoms with E-state index in [-0.39, 0.29) is 18.5 Å². The number of fused-ring (bicyclic) bond motifs is 1. The Bertz CT molecular complexity index is 1110. The summed E-state index contributed by atoms with van der Waals surface area (Å²) in [5, 5.41) is 3.81.